The third-order valence-corrected chi connectivity index (χ3v) is 9.24. The number of amides is 2. The van der Waals surface area contributed by atoms with E-state index in [4.69, 9.17) is 18.9 Å². The summed E-state index contributed by atoms with van der Waals surface area (Å²) in [5, 5.41) is 24.1. The molecule has 0 aliphatic rings. The number of thiocarbonyl (C=S) groups is 1. The fourth-order valence-corrected chi connectivity index (χ4v) is 6.03. The predicted octanol–water partition coefficient (Wildman–Crippen LogP) is 11.0. The lowest BCUT2D eigenvalue weighted by Crippen LogP contribution is -2.17. The Hall–Kier alpha value is -8.51. The highest BCUT2D eigenvalue weighted by Crippen LogP contribution is 2.34. The predicted molar refractivity (Wildman–Crippen MR) is 254 cm³/mol. The van der Waals surface area contributed by atoms with Crippen molar-refractivity contribution in [3.63, 3.8) is 0 Å². The maximum Gasteiger partial charge on any atom is 0.416 e. The van der Waals surface area contributed by atoms with Gasteiger partial charge in [-0.1, -0.05) is 0 Å². The zero-order valence-electron chi connectivity index (χ0n) is 37.6. The van der Waals surface area contributed by atoms with Crippen LogP contribution in [0.1, 0.15) is 11.1 Å². The van der Waals surface area contributed by atoms with E-state index in [0.717, 1.165) is 29.8 Å². The van der Waals surface area contributed by atoms with E-state index in [-0.39, 0.29) is 36.5 Å². The first-order valence-electron chi connectivity index (χ1n) is 20.3. The summed E-state index contributed by atoms with van der Waals surface area (Å²) >= 11 is 4.30. The Balaban J connectivity index is 0.000000220. The number of imidazole rings is 1. The van der Waals surface area contributed by atoms with Crippen molar-refractivity contribution in [3.05, 3.63) is 143 Å². The van der Waals surface area contributed by atoms with Crippen molar-refractivity contribution in [1.29, 1.82) is 0 Å². The Morgan fingerprint density at radius 2 is 1.23 bits per heavy atom. The summed E-state index contributed by atoms with van der Waals surface area (Å²) in [6.07, 6.45) is -5.74. The maximum absolute atomic E-state index is 12.8. The Morgan fingerprint density at radius 3 is 1.70 bits per heavy atom. The van der Waals surface area contributed by atoms with Crippen LogP contribution < -0.4 is 30.7 Å². The van der Waals surface area contributed by atoms with Gasteiger partial charge in [0, 0.05) is 64.6 Å². The van der Waals surface area contributed by atoms with Crippen LogP contribution in [0.3, 0.4) is 0 Å². The molecule has 0 aliphatic carbocycles. The quantitative estimate of drug-likeness (QED) is 0.0247. The van der Waals surface area contributed by atoms with Gasteiger partial charge < -0.3 is 44.8 Å². The van der Waals surface area contributed by atoms with Crippen LogP contribution in [-0.4, -0.2) is 75.9 Å². The molecule has 0 aliphatic heterocycles. The van der Waals surface area contributed by atoms with Gasteiger partial charge in [-0.3, -0.25) is 19.7 Å². The van der Waals surface area contributed by atoms with Crippen molar-refractivity contribution in [2.24, 2.45) is 12.0 Å². The van der Waals surface area contributed by atoms with Crippen LogP contribution in [0, 0.1) is 10.1 Å². The summed E-state index contributed by atoms with van der Waals surface area (Å²) in [5.41, 5.74) is 1.12. The number of hydrogen-bond donors (Lipinski definition) is 4. The number of alkyl halides is 6. The zero-order valence-corrected chi connectivity index (χ0v) is 38.4. The molecule has 4 N–H and O–H groups in total. The van der Waals surface area contributed by atoms with E-state index >= 15 is 0 Å². The molecular formula is C46H40F6N10O8S. The molecule has 0 saturated heterocycles. The highest BCUT2D eigenvalue weighted by molar-refractivity contribution is 7.78. The molecule has 0 fully saturated rings. The number of nitro benzene ring substituents is 1. The van der Waals surface area contributed by atoms with Crippen molar-refractivity contribution in [3.8, 4) is 23.0 Å². The molecule has 25 heteroatoms. The van der Waals surface area contributed by atoms with E-state index in [1.165, 1.54) is 63.0 Å². The highest BCUT2D eigenvalue weighted by Gasteiger charge is 2.31. The molecule has 0 spiro atoms. The number of carbonyl (C=O) groups excluding carboxylic acids is 2. The number of hydrogen-bond acceptors (Lipinski definition) is 15. The van der Waals surface area contributed by atoms with E-state index in [1.807, 2.05) is 6.07 Å². The van der Waals surface area contributed by atoms with Crippen LogP contribution in [0.4, 0.5) is 66.7 Å². The van der Waals surface area contributed by atoms with Crippen LogP contribution in [0.2, 0.25) is 0 Å². The number of nitro groups is 1. The van der Waals surface area contributed by atoms with Gasteiger partial charge in [-0.25, -0.2) is 15.0 Å². The molecule has 0 saturated carbocycles. The number of carbonyl (C=O) groups is 2. The van der Waals surface area contributed by atoms with Gasteiger partial charge >= 0.3 is 12.4 Å². The number of rotatable bonds is 15. The average molecular weight is 1010 g/mol. The zero-order chi connectivity index (χ0) is 51.7. The third-order valence-electron chi connectivity index (χ3n) is 9.15. The molecule has 71 heavy (non-hydrogen) atoms. The molecule has 370 valence electrons. The fraction of sp³-hybridized carbons (Fsp3) is 0.174. The van der Waals surface area contributed by atoms with Gasteiger partial charge in [0.05, 0.1) is 44.0 Å². The number of anilines is 5. The maximum atomic E-state index is 12.8. The van der Waals surface area contributed by atoms with Crippen LogP contribution in [0.25, 0.3) is 11.0 Å². The second-order valence-corrected chi connectivity index (χ2v) is 14.4. The molecular weight excluding hydrogens is 967 g/mol. The lowest BCUT2D eigenvalue weighted by atomic mass is 10.2. The van der Waals surface area contributed by atoms with Gasteiger partial charge in [0.15, 0.2) is 0 Å². The number of halogens is 6. The molecule has 7 aromatic rings. The minimum atomic E-state index is -4.39. The number of methoxy groups -OCH3 is 2. The fourth-order valence-electron chi connectivity index (χ4n) is 5.92. The minimum absolute atomic E-state index is 0.0913. The number of ether oxygens (including phenoxy) is 4. The summed E-state index contributed by atoms with van der Waals surface area (Å²) in [7, 11) is 6.22. The van der Waals surface area contributed by atoms with Crippen molar-refractivity contribution < 1.29 is 59.8 Å². The number of aliphatic imine (C=N–C) groups is 1. The van der Waals surface area contributed by atoms with Gasteiger partial charge in [-0.2, -0.15) is 31.3 Å². The van der Waals surface area contributed by atoms with E-state index in [9.17, 15) is 46.0 Å². The van der Waals surface area contributed by atoms with Gasteiger partial charge in [0.1, 0.15) is 53.5 Å². The smallest absolute Gasteiger partial charge is 0.416 e. The number of aryl methyl sites for hydroxylation is 1. The molecule has 3 heterocycles. The third kappa shape index (κ3) is 16.0. The van der Waals surface area contributed by atoms with Crippen LogP contribution in [-0.2, 0) is 38.5 Å². The van der Waals surface area contributed by atoms with Crippen molar-refractivity contribution >= 4 is 80.6 Å². The van der Waals surface area contributed by atoms with Gasteiger partial charge in [0.25, 0.3) is 17.5 Å². The van der Waals surface area contributed by atoms with Gasteiger partial charge in [-0.05, 0) is 97.1 Å². The first-order valence-corrected chi connectivity index (χ1v) is 20.7. The Bertz CT molecular complexity index is 3010. The number of pyridine rings is 2. The molecule has 0 unspecified atom stereocenters. The number of nitrogens with zero attached hydrogens (tertiary/aromatic N) is 6. The highest BCUT2D eigenvalue weighted by atomic mass is 32.1. The van der Waals surface area contributed by atoms with Crippen molar-refractivity contribution in [2.75, 3.05) is 55.7 Å². The summed E-state index contributed by atoms with van der Waals surface area (Å²) in [5.74, 6) is 2.01. The molecule has 3 aromatic heterocycles. The SMILES string of the molecule is CNc1ccc(Oc2ccnc(NC(=O)COC)c2)cc1[N+](=O)[O-].COCC(=O)Nc1cc(Oc2ccc3c(c2)nc(Nc2ccc(C(F)(F)F)cc2)n3C)ccn1.FC(F)(F)c1ccc(N=C=S)cc1. The van der Waals surface area contributed by atoms with E-state index < -0.39 is 28.4 Å². The summed E-state index contributed by atoms with van der Waals surface area (Å²) in [4.78, 5) is 49.8. The minimum Gasteiger partial charge on any atom is -0.457 e. The normalized spacial score (nSPS) is 10.8. The molecule has 2 amide bonds. The second-order valence-electron chi connectivity index (χ2n) is 14.2. The van der Waals surface area contributed by atoms with Crippen LogP contribution in [0.5, 0.6) is 23.0 Å². The lowest BCUT2D eigenvalue weighted by molar-refractivity contribution is -0.384. The topological polar surface area (TPSA) is 218 Å². The number of nitrogens with one attached hydrogen (secondary N) is 4. The molecule has 4 aromatic carbocycles. The Kier molecular flexibility index (Phi) is 18.6. The molecule has 0 bridgehead atoms. The van der Waals surface area contributed by atoms with Crippen LogP contribution >= 0.6 is 12.2 Å². The monoisotopic (exact) mass is 1010 g/mol. The summed E-state index contributed by atoms with van der Waals surface area (Å²) in [6, 6.07) is 25.2. The Labute approximate surface area is 404 Å². The summed E-state index contributed by atoms with van der Waals surface area (Å²) < 4.78 is 97.2. The second kappa shape index (κ2) is 24.7. The average Bonchev–Trinajstić information content (AvgIpc) is 3.62. The largest absolute Gasteiger partial charge is 0.457 e. The van der Waals surface area contributed by atoms with E-state index in [1.54, 1.807) is 61.1 Å². The van der Waals surface area contributed by atoms with Gasteiger partial charge in [0.2, 0.25) is 5.95 Å². The molecule has 0 atom stereocenters. The van der Waals surface area contributed by atoms with Gasteiger partial charge in [-0.15, -0.1) is 0 Å². The van der Waals surface area contributed by atoms with Crippen molar-refractivity contribution in [2.45, 2.75) is 12.4 Å². The van der Waals surface area contributed by atoms with E-state index in [2.05, 4.69) is 58.6 Å². The summed E-state index contributed by atoms with van der Waals surface area (Å²) in [6.45, 7) is -0.184. The van der Waals surface area contributed by atoms with Crippen molar-refractivity contribution in [1.82, 2.24) is 19.5 Å². The standard InChI is InChI=1S/C23H20F3N5O3.C15H16N4O5.C8H4F3NS/c1-31-19-8-7-16(34-17-9-10-27-20(12-17)30-21(32)13-33-2)11-18(19)29-22(31)28-15-5-3-14(4-6-15)23(24,25)26;1-16-12-4-3-10(7-13(12)19(21)22)24-11-5-6-17-14(8-11)18-15(20)9-23-2;9-8(10,11)6-1-3-7(4-2-6)12-5-13/h3-12H,13H2,1-2H3,(H,28,29)(H,27,30,32);3-8,16H,9H2,1-2H3,(H,17,18,20);1-4H. The Morgan fingerprint density at radius 1 is 0.732 bits per heavy atom. The van der Waals surface area contributed by atoms with E-state index in [0.29, 0.717) is 57.3 Å². The molecule has 7 rings (SSSR count). The first-order chi connectivity index (χ1) is 33.8. The number of benzene rings is 4. The number of isothiocyanates is 1. The first kappa shape index (κ1) is 53.4. The number of fused-ring (bicyclic) bond motifs is 1. The molecule has 0 radical (unpaired) electrons. The van der Waals surface area contributed by atoms with Crippen LogP contribution in [0.15, 0.2) is 127 Å². The number of aromatic nitrogens is 4. The lowest BCUT2D eigenvalue weighted by Gasteiger charge is -2.09. The molecule has 18 nitrogen and oxygen atoms in total.